The standard InChI is InChI=1S/C13H25N3O2/c1-13(2,14)7-4-11(17)16-8-5-10(6-9-16)12(18)15-3/h10H,4-9,14H2,1-3H3,(H,15,18). The van der Waals surface area contributed by atoms with Crippen LogP contribution in [0.1, 0.15) is 39.5 Å². The van der Waals surface area contributed by atoms with Crippen molar-refractivity contribution in [1.29, 1.82) is 0 Å². The Labute approximate surface area is 109 Å². The Bertz CT molecular complexity index is 302. The highest BCUT2D eigenvalue weighted by atomic mass is 16.2. The highest BCUT2D eigenvalue weighted by Gasteiger charge is 2.27. The molecule has 0 aromatic rings. The number of carbonyl (C=O) groups excluding carboxylic acids is 2. The van der Waals surface area contributed by atoms with Gasteiger partial charge in [0.25, 0.3) is 0 Å². The zero-order valence-electron chi connectivity index (χ0n) is 11.7. The SMILES string of the molecule is CNC(=O)C1CCN(C(=O)CCC(C)(C)N)CC1. The second-order valence-corrected chi connectivity index (χ2v) is 5.76. The number of nitrogens with two attached hydrogens (primary N) is 1. The van der Waals surface area contributed by atoms with Crippen LogP contribution in [0.15, 0.2) is 0 Å². The number of hydrogen-bond donors (Lipinski definition) is 2. The maximum absolute atomic E-state index is 12.0. The third-order valence-electron chi connectivity index (χ3n) is 3.45. The number of hydrogen-bond acceptors (Lipinski definition) is 3. The maximum Gasteiger partial charge on any atom is 0.222 e. The van der Waals surface area contributed by atoms with Crippen LogP contribution in [-0.2, 0) is 9.59 Å². The van der Waals surface area contributed by atoms with Crippen molar-refractivity contribution in [3.63, 3.8) is 0 Å². The normalized spacial score (nSPS) is 17.7. The van der Waals surface area contributed by atoms with E-state index in [9.17, 15) is 9.59 Å². The zero-order chi connectivity index (χ0) is 13.8. The third-order valence-corrected chi connectivity index (χ3v) is 3.45. The van der Waals surface area contributed by atoms with Crippen molar-refractivity contribution >= 4 is 11.8 Å². The van der Waals surface area contributed by atoms with E-state index in [0.717, 1.165) is 12.8 Å². The fourth-order valence-corrected chi connectivity index (χ4v) is 2.18. The Morgan fingerprint density at radius 3 is 2.33 bits per heavy atom. The summed E-state index contributed by atoms with van der Waals surface area (Å²) in [7, 11) is 1.66. The van der Waals surface area contributed by atoms with Gasteiger partial charge in [0.15, 0.2) is 0 Å². The second-order valence-electron chi connectivity index (χ2n) is 5.76. The average molecular weight is 255 g/mol. The minimum absolute atomic E-state index is 0.0602. The highest BCUT2D eigenvalue weighted by Crippen LogP contribution is 2.19. The van der Waals surface area contributed by atoms with Crippen LogP contribution < -0.4 is 11.1 Å². The molecule has 0 unspecified atom stereocenters. The van der Waals surface area contributed by atoms with Crippen molar-refractivity contribution < 1.29 is 9.59 Å². The van der Waals surface area contributed by atoms with E-state index >= 15 is 0 Å². The topological polar surface area (TPSA) is 75.4 Å². The van der Waals surface area contributed by atoms with E-state index in [0.29, 0.717) is 25.9 Å². The maximum atomic E-state index is 12.0. The van der Waals surface area contributed by atoms with Crippen LogP contribution in [0.3, 0.4) is 0 Å². The molecule has 1 aliphatic rings. The van der Waals surface area contributed by atoms with Crippen LogP contribution in [0.4, 0.5) is 0 Å². The molecule has 0 spiro atoms. The van der Waals surface area contributed by atoms with Gasteiger partial charge in [0.2, 0.25) is 11.8 Å². The number of nitrogens with zero attached hydrogens (tertiary/aromatic N) is 1. The van der Waals surface area contributed by atoms with E-state index in [-0.39, 0.29) is 23.3 Å². The van der Waals surface area contributed by atoms with E-state index in [1.54, 1.807) is 7.05 Å². The number of nitrogens with one attached hydrogen (secondary N) is 1. The smallest absolute Gasteiger partial charge is 0.222 e. The van der Waals surface area contributed by atoms with Crippen molar-refractivity contribution in [2.45, 2.75) is 45.1 Å². The Morgan fingerprint density at radius 1 is 1.33 bits per heavy atom. The highest BCUT2D eigenvalue weighted by molar-refractivity contribution is 5.79. The summed E-state index contributed by atoms with van der Waals surface area (Å²) < 4.78 is 0. The van der Waals surface area contributed by atoms with Crippen LogP contribution in [0.2, 0.25) is 0 Å². The van der Waals surface area contributed by atoms with E-state index in [2.05, 4.69) is 5.32 Å². The molecule has 0 saturated carbocycles. The molecule has 1 fully saturated rings. The molecule has 0 radical (unpaired) electrons. The second kappa shape index (κ2) is 6.18. The molecule has 1 saturated heterocycles. The van der Waals surface area contributed by atoms with E-state index < -0.39 is 0 Å². The van der Waals surface area contributed by atoms with Gasteiger partial charge in [-0.25, -0.2) is 0 Å². The Morgan fingerprint density at radius 2 is 1.89 bits per heavy atom. The predicted molar refractivity (Wildman–Crippen MR) is 70.9 cm³/mol. The fourth-order valence-electron chi connectivity index (χ4n) is 2.18. The van der Waals surface area contributed by atoms with Crippen LogP contribution in [0.25, 0.3) is 0 Å². The Balaban J connectivity index is 2.34. The molecule has 1 rings (SSSR count). The molecule has 1 heterocycles. The summed E-state index contributed by atoms with van der Waals surface area (Å²) in [5, 5.41) is 2.66. The number of likely N-dealkylation sites (tertiary alicyclic amines) is 1. The lowest BCUT2D eigenvalue weighted by molar-refractivity contribution is -0.135. The van der Waals surface area contributed by atoms with Crippen LogP contribution in [0.5, 0.6) is 0 Å². The first kappa shape index (κ1) is 15.0. The number of amides is 2. The summed E-state index contributed by atoms with van der Waals surface area (Å²) in [4.78, 5) is 25.3. The summed E-state index contributed by atoms with van der Waals surface area (Å²) in [5.41, 5.74) is 5.57. The molecule has 0 atom stereocenters. The van der Waals surface area contributed by atoms with Gasteiger partial charge in [-0.05, 0) is 33.1 Å². The van der Waals surface area contributed by atoms with Crippen LogP contribution in [0, 0.1) is 5.92 Å². The van der Waals surface area contributed by atoms with Gasteiger partial charge in [0.05, 0.1) is 0 Å². The monoisotopic (exact) mass is 255 g/mol. The van der Waals surface area contributed by atoms with Crippen molar-refractivity contribution in [3.05, 3.63) is 0 Å². The van der Waals surface area contributed by atoms with Gasteiger partial charge in [-0.15, -0.1) is 0 Å². The molecule has 2 amide bonds. The third kappa shape index (κ3) is 4.64. The number of carbonyl (C=O) groups is 2. The first-order valence-electron chi connectivity index (χ1n) is 6.62. The van der Waals surface area contributed by atoms with E-state index in [4.69, 9.17) is 5.73 Å². The molecular weight excluding hydrogens is 230 g/mol. The van der Waals surface area contributed by atoms with Gasteiger partial charge < -0.3 is 16.0 Å². The summed E-state index contributed by atoms with van der Waals surface area (Å²) in [6.07, 6.45) is 2.71. The fraction of sp³-hybridized carbons (Fsp3) is 0.846. The summed E-state index contributed by atoms with van der Waals surface area (Å²) in [5.74, 6) is 0.305. The molecular formula is C13H25N3O2. The van der Waals surface area contributed by atoms with Crippen molar-refractivity contribution in [3.8, 4) is 0 Å². The molecule has 5 heteroatoms. The largest absolute Gasteiger partial charge is 0.359 e. The number of piperidine rings is 1. The summed E-state index contributed by atoms with van der Waals surface area (Å²) in [6.45, 7) is 5.22. The Kier molecular flexibility index (Phi) is 5.14. The average Bonchev–Trinajstić information content (AvgIpc) is 2.34. The van der Waals surface area contributed by atoms with Crippen molar-refractivity contribution in [2.75, 3.05) is 20.1 Å². The quantitative estimate of drug-likeness (QED) is 0.767. The number of rotatable bonds is 4. The van der Waals surface area contributed by atoms with Gasteiger partial charge in [-0.2, -0.15) is 0 Å². The van der Waals surface area contributed by atoms with Gasteiger partial charge in [-0.3, -0.25) is 9.59 Å². The zero-order valence-corrected chi connectivity index (χ0v) is 11.7. The van der Waals surface area contributed by atoms with Gasteiger partial charge in [0, 0.05) is 38.0 Å². The molecule has 104 valence electrons. The van der Waals surface area contributed by atoms with Gasteiger partial charge in [-0.1, -0.05) is 0 Å². The lowest BCUT2D eigenvalue weighted by Gasteiger charge is -2.31. The molecule has 5 nitrogen and oxygen atoms in total. The van der Waals surface area contributed by atoms with Crippen LogP contribution in [-0.4, -0.2) is 42.4 Å². The first-order valence-corrected chi connectivity index (χ1v) is 6.62. The lowest BCUT2D eigenvalue weighted by Crippen LogP contribution is -2.43. The molecule has 0 bridgehead atoms. The Hall–Kier alpha value is -1.10. The minimum atomic E-state index is -0.296. The molecule has 0 aromatic heterocycles. The van der Waals surface area contributed by atoms with Gasteiger partial charge in [0.1, 0.15) is 0 Å². The summed E-state index contributed by atoms with van der Waals surface area (Å²) >= 11 is 0. The van der Waals surface area contributed by atoms with Crippen molar-refractivity contribution in [1.82, 2.24) is 10.2 Å². The first-order chi connectivity index (χ1) is 8.33. The van der Waals surface area contributed by atoms with Crippen LogP contribution >= 0.6 is 0 Å². The molecule has 1 aliphatic heterocycles. The minimum Gasteiger partial charge on any atom is -0.359 e. The van der Waals surface area contributed by atoms with E-state index in [1.807, 2.05) is 18.7 Å². The summed E-state index contributed by atoms with van der Waals surface area (Å²) in [6, 6.07) is 0. The molecule has 0 aliphatic carbocycles. The lowest BCUT2D eigenvalue weighted by atomic mass is 9.95. The van der Waals surface area contributed by atoms with Crippen molar-refractivity contribution in [2.24, 2.45) is 11.7 Å². The molecule has 18 heavy (non-hydrogen) atoms. The molecule has 3 N–H and O–H groups in total. The molecule has 0 aromatic carbocycles. The van der Waals surface area contributed by atoms with Gasteiger partial charge >= 0.3 is 0 Å². The predicted octanol–water partition coefficient (Wildman–Crippen LogP) is 0.489. The van der Waals surface area contributed by atoms with E-state index in [1.165, 1.54) is 0 Å².